The maximum atomic E-state index is 13.1. The molecule has 124 valence electrons. The molecule has 0 radical (unpaired) electrons. The lowest BCUT2D eigenvalue weighted by atomic mass is 10.0. The number of hydrogen-bond donors (Lipinski definition) is 1. The summed E-state index contributed by atoms with van der Waals surface area (Å²) in [6.45, 7) is 5.69. The number of aromatic nitrogens is 3. The number of carbonyl (C=O) groups excluding carboxylic acids is 1. The van der Waals surface area contributed by atoms with Crippen molar-refractivity contribution in [1.29, 1.82) is 0 Å². The Bertz CT molecular complexity index is 872. The van der Waals surface area contributed by atoms with E-state index in [9.17, 15) is 4.79 Å². The number of H-pyrrole nitrogens is 1. The topological polar surface area (TPSA) is 53.9 Å². The van der Waals surface area contributed by atoms with Gasteiger partial charge in [0.1, 0.15) is 5.82 Å². The van der Waals surface area contributed by atoms with Crippen molar-refractivity contribution in [1.82, 2.24) is 19.4 Å². The molecule has 1 atom stereocenters. The van der Waals surface area contributed by atoms with E-state index in [0.717, 1.165) is 48.2 Å². The molecule has 1 saturated heterocycles. The molecule has 1 aliphatic heterocycles. The predicted molar refractivity (Wildman–Crippen MR) is 94.2 cm³/mol. The van der Waals surface area contributed by atoms with Crippen molar-refractivity contribution in [2.75, 3.05) is 13.1 Å². The fraction of sp³-hybridized carbons (Fsp3) is 0.368. The molecule has 2 aromatic heterocycles. The quantitative estimate of drug-likeness (QED) is 0.785. The normalized spacial score (nSPS) is 18.2. The van der Waals surface area contributed by atoms with Crippen LogP contribution in [0.5, 0.6) is 0 Å². The number of aryl methyl sites for hydroxylation is 2. The van der Waals surface area contributed by atoms with E-state index in [1.165, 1.54) is 5.69 Å². The second-order valence-electron chi connectivity index (χ2n) is 6.61. The number of aromatic amines is 1. The van der Waals surface area contributed by atoms with Crippen LogP contribution in [-0.2, 0) is 0 Å². The van der Waals surface area contributed by atoms with Crippen molar-refractivity contribution in [2.24, 2.45) is 0 Å². The van der Waals surface area contributed by atoms with Gasteiger partial charge in [0.05, 0.1) is 6.04 Å². The first-order valence-corrected chi connectivity index (χ1v) is 8.51. The van der Waals surface area contributed by atoms with Crippen molar-refractivity contribution >= 4 is 16.8 Å². The minimum absolute atomic E-state index is 0.125. The number of nitrogens with zero attached hydrogens (tertiary/aromatic N) is 3. The highest BCUT2D eigenvalue weighted by molar-refractivity contribution is 6.06. The van der Waals surface area contributed by atoms with Crippen LogP contribution in [0.2, 0.25) is 0 Å². The van der Waals surface area contributed by atoms with Gasteiger partial charge in [0.15, 0.2) is 0 Å². The van der Waals surface area contributed by atoms with Crippen LogP contribution < -0.4 is 0 Å². The number of rotatable bonds is 2. The summed E-state index contributed by atoms with van der Waals surface area (Å²) in [5.74, 6) is 1.15. The summed E-state index contributed by atoms with van der Waals surface area (Å²) < 4.78 is 2.27. The summed E-state index contributed by atoms with van der Waals surface area (Å²) in [6.07, 6.45) is 5.92. The molecule has 24 heavy (non-hydrogen) atoms. The van der Waals surface area contributed by atoms with Crippen molar-refractivity contribution < 1.29 is 4.79 Å². The lowest BCUT2D eigenvalue weighted by Crippen LogP contribution is -2.41. The van der Waals surface area contributed by atoms with Gasteiger partial charge in [-0.2, -0.15) is 0 Å². The van der Waals surface area contributed by atoms with Gasteiger partial charge in [-0.1, -0.05) is 6.07 Å². The Morgan fingerprint density at radius 2 is 2.17 bits per heavy atom. The minimum Gasteiger partial charge on any atom is -0.361 e. The molecule has 0 saturated carbocycles. The van der Waals surface area contributed by atoms with E-state index in [2.05, 4.69) is 21.5 Å². The third-order valence-corrected chi connectivity index (χ3v) is 5.04. The van der Waals surface area contributed by atoms with Crippen molar-refractivity contribution in [3.8, 4) is 0 Å². The maximum Gasteiger partial charge on any atom is 0.254 e. The molecule has 1 amide bonds. The van der Waals surface area contributed by atoms with Gasteiger partial charge in [-0.15, -0.1) is 0 Å². The van der Waals surface area contributed by atoms with Crippen LogP contribution in [-0.4, -0.2) is 38.4 Å². The summed E-state index contributed by atoms with van der Waals surface area (Å²) in [5.41, 5.74) is 2.96. The van der Waals surface area contributed by atoms with E-state index in [-0.39, 0.29) is 5.91 Å². The van der Waals surface area contributed by atoms with Gasteiger partial charge in [0.2, 0.25) is 0 Å². The standard InChI is InChI=1S/C19H22N4O/c1-13-11-21-14(2)23(13)15-5-4-10-22(12-15)19(24)17-6-3-7-18-16(17)8-9-20-18/h3,6-9,11,15,20H,4-5,10,12H2,1-2H3. The summed E-state index contributed by atoms with van der Waals surface area (Å²) >= 11 is 0. The number of imidazole rings is 1. The summed E-state index contributed by atoms with van der Waals surface area (Å²) in [4.78, 5) is 22.7. The van der Waals surface area contributed by atoms with Crippen LogP contribution >= 0.6 is 0 Å². The number of carbonyl (C=O) groups is 1. The Kier molecular flexibility index (Phi) is 3.63. The van der Waals surface area contributed by atoms with Gasteiger partial charge in [-0.05, 0) is 44.9 Å². The third-order valence-electron chi connectivity index (χ3n) is 5.04. The van der Waals surface area contributed by atoms with Crippen molar-refractivity contribution in [3.63, 3.8) is 0 Å². The molecular formula is C19H22N4O. The van der Waals surface area contributed by atoms with Gasteiger partial charge in [-0.25, -0.2) is 4.98 Å². The minimum atomic E-state index is 0.125. The van der Waals surface area contributed by atoms with Crippen molar-refractivity contribution in [3.05, 3.63) is 53.7 Å². The SMILES string of the molecule is Cc1cnc(C)n1C1CCCN(C(=O)c2cccc3[nH]ccc23)C1. The molecule has 0 bridgehead atoms. The van der Waals surface area contributed by atoms with Gasteiger partial charge in [0.25, 0.3) is 5.91 Å². The highest BCUT2D eigenvalue weighted by Crippen LogP contribution is 2.27. The zero-order valence-electron chi connectivity index (χ0n) is 14.1. The van der Waals surface area contributed by atoms with Gasteiger partial charge < -0.3 is 14.5 Å². The van der Waals surface area contributed by atoms with Gasteiger partial charge in [0, 0.05) is 47.6 Å². The molecule has 3 aromatic rings. The van der Waals surface area contributed by atoms with Crippen LogP contribution in [0.25, 0.3) is 10.9 Å². The Morgan fingerprint density at radius 3 is 2.96 bits per heavy atom. The molecule has 1 fully saturated rings. The van der Waals surface area contributed by atoms with Crippen LogP contribution in [0.1, 0.15) is 40.8 Å². The Balaban J connectivity index is 1.62. The van der Waals surface area contributed by atoms with E-state index in [0.29, 0.717) is 6.04 Å². The number of piperidine rings is 1. The number of hydrogen-bond acceptors (Lipinski definition) is 2. The first-order chi connectivity index (χ1) is 11.6. The highest BCUT2D eigenvalue weighted by atomic mass is 16.2. The monoisotopic (exact) mass is 322 g/mol. The van der Waals surface area contributed by atoms with E-state index in [1.807, 2.05) is 48.5 Å². The molecule has 3 heterocycles. The summed E-state index contributed by atoms with van der Waals surface area (Å²) in [7, 11) is 0. The Labute approximate surface area is 141 Å². The molecule has 5 heteroatoms. The fourth-order valence-corrected chi connectivity index (χ4v) is 3.91. The summed E-state index contributed by atoms with van der Waals surface area (Å²) in [6, 6.07) is 8.17. The lowest BCUT2D eigenvalue weighted by Gasteiger charge is -2.34. The number of likely N-dealkylation sites (tertiary alicyclic amines) is 1. The molecule has 1 aromatic carbocycles. The van der Waals surface area contributed by atoms with Crippen LogP contribution in [0.3, 0.4) is 0 Å². The van der Waals surface area contributed by atoms with Gasteiger partial charge in [-0.3, -0.25) is 4.79 Å². The fourth-order valence-electron chi connectivity index (χ4n) is 3.91. The molecular weight excluding hydrogens is 300 g/mol. The average molecular weight is 322 g/mol. The molecule has 4 rings (SSSR count). The number of amides is 1. The largest absolute Gasteiger partial charge is 0.361 e. The molecule has 1 aliphatic rings. The van der Waals surface area contributed by atoms with Gasteiger partial charge >= 0.3 is 0 Å². The first kappa shape index (κ1) is 15.0. The van der Waals surface area contributed by atoms with E-state index in [1.54, 1.807) is 0 Å². The smallest absolute Gasteiger partial charge is 0.254 e. The zero-order chi connectivity index (χ0) is 16.7. The van der Waals surface area contributed by atoms with E-state index < -0.39 is 0 Å². The molecule has 1 unspecified atom stereocenters. The van der Waals surface area contributed by atoms with Crippen LogP contribution in [0, 0.1) is 13.8 Å². The second-order valence-corrected chi connectivity index (χ2v) is 6.61. The molecule has 0 aliphatic carbocycles. The summed E-state index contributed by atoms with van der Waals surface area (Å²) in [5, 5.41) is 1.000. The third kappa shape index (κ3) is 2.40. The Hall–Kier alpha value is -2.56. The number of nitrogens with one attached hydrogen (secondary N) is 1. The predicted octanol–water partition coefficient (Wildman–Crippen LogP) is 3.46. The number of benzene rings is 1. The Morgan fingerprint density at radius 1 is 1.29 bits per heavy atom. The second kappa shape index (κ2) is 5.82. The lowest BCUT2D eigenvalue weighted by molar-refractivity contribution is 0.0679. The van der Waals surface area contributed by atoms with Crippen molar-refractivity contribution in [2.45, 2.75) is 32.7 Å². The highest BCUT2D eigenvalue weighted by Gasteiger charge is 2.27. The number of fused-ring (bicyclic) bond motifs is 1. The first-order valence-electron chi connectivity index (χ1n) is 8.51. The average Bonchev–Trinajstić information content (AvgIpc) is 3.20. The molecule has 1 N–H and O–H groups in total. The maximum absolute atomic E-state index is 13.1. The molecule has 5 nitrogen and oxygen atoms in total. The van der Waals surface area contributed by atoms with E-state index >= 15 is 0 Å². The van der Waals surface area contributed by atoms with Crippen LogP contribution in [0.15, 0.2) is 36.7 Å². The van der Waals surface area contributed by atoms with Crippen LogP contribution in [0.4, 0.5) is 0 Å². The molecule has 0 spiro atoms. The van der Waals surface area contributed by atoms with E-state index in [4.69, 9.17) is 0 Å². The zero-order valence-corrected chi connectivity index (χ0v) is 14.1.